The molecule has 0 aliphatic rings. The normalized spacial score (nSPS) is 11.7. The molecular weight excluding hydrogens is 264 g/mol. The average molecular weight is 284 g/mol. The molecular formula is C17H20N2O2. The van der Waals surface area contributed by atoms with Gasteiger partial charge in [-0.05, 0) is 36.6 Å². The highest BCUT2D eigenvalue weighted by atomic mass is 16.5. The summed E-state index contributed by atoms with van der Waals surface area (Å²) >= 11 is 0. The Labute approximate surface area is 124 Å². The van der Waals surface area contributed by atoms with Crippen LogP contribution in [0, 0.1) is 0 Å². The summed E-state index contributed by atoms with van der Waals surface area (Å²) in [5.74, 6) is 0. The standard InChI is InChI=1S/C17H20N2O2/c1-13(11-14-7-9-16(18)10-8-14)19-17(20)21-12-15-5-3-2-4-6-15/h2-10,13H,11-12,18H2,1H3,(H,19,20)/t13-/m1/s1. The Bertz CT molecular complexity index is 567. The number of hydrogen-bond donors (Lipinski definition) is 2. The fourth-order valence-corrected chi connectivity index (χ4v) is 2.02. The van der Waals surface area contributed by atoms with Crippen LogP contribution in [0.15, 0.2) is 54.6 Å². The number of nitrogen functional groups attached to an aromatic ring is 1. The second-order valence-electron chi connectivity index (χ2n) is 5.05. The smallest absolute Gasteiger partial charge is 0.407 e. The molecule has 4 heteroatoms. The number of hydrogen-bond acceptors (Lipinski definition) is 3. The number of ether oxygens (including phenoxy) is 1. The molecule has 0 aliphatic carbocycles. The molecule has 21 heavy (non-hydrogen) atoms. The lowest BCUT2D eigenvalue weighted by molar-refractivity contribution is 0.136. The average Bonchev–Trinajstić information content (AvgIpc) is 2.48. The van der Waals surface area contributed by atoms with Crippen LogP contribution in [0.5, 0.6) is 0 Å². The van der Waals surface area contributed by atoms with E-state index in [0.717, 1.165) is 23.2 Å². The molecule has 2 aromatic carbocycles. The number of alkyl carbamates (subject to hydrolysis) is 1. The molecule has 0 aromatic heterocycles. The van der Waals surface area contributed by atoms with Gasteiger partial charge in [0.15, 0.2) is 0 Å². The van der Waals surface area contributed by atoms with Crippen molar-refractivity contribution in [3.8, 4) is 0 Å². The van der Waals surface area contributed by atoms with Crippen LogP contribution in [0.25, 0.3) is 0 Å². The third kappa shape index (κ3) is 5.18. The first-order valence-corrected chi connectivity index (χ1v) is 6.95. The van der Waals surface area contributed by atoms with E-state index in [4.69, 9.17) is 10.5 Å². The number of carbonyl (C=O) groups is 1. The third-order valence-corrected chi connectivity index (χ3v) is 3.10. The van der Waals surface area contributed by atoms with Crippen molar-refractivity contribution >= 4 is 11.8 Å². The number of nitrogens with one attached hydrogen (secondary N) is 1. The summed E-state index contributed by atoms with van der Waals surface area (Å²) in [6, 6.07) is 17.2. The summed E-state index contributed by atoms with van der Waals surface area (Å²) < 4.78 is 5.19. The number of benzene rings is 2. The van der Waals surface area contributed by atoms with Gasteiger partial charge in [0, 0.05) is 11.7 Å². The molecule has 1 atom stereocenters. The Morgan fingerprint density at radius 1 is 1.10 bits per heavy atom. The SMILES string of the molecule is C[C@H](Cc1ccc(N)cc1)NC(=O)OCc1ccccc1. The maximum atomic E-state index is 11.7. The molecule has 0 saturated carbocycles. The fourth-order valence-electron chi connectivity index (χ4n) is 2.02. The van der Waals surface area contributed by atoms with Gasteiger partial charge in [-0.25, -0.2) is 4.79 Å². The lowest BCUT2D eigenvalue weighted by Gasteiger charge is -2.14. The van der Waals surface area contributed by atoms with E-state index < -0.39 is 6.09 Å². The number of amides is 1. The zero-order valence-electron chi connectivity index (χ0n) is 12.1. The minimum Gasteiger partial charge on any atom is -0.445 e. The van der Waals surface area contributed by atoms with E-state index >= 15 is 0 Å². The summed E-state index contributed by atoms with van der Waals surface area (Å²) in [4.78, 5) is 11.7. The predicted molar refractivity (Wildman–Crippen MR) is 83.8 cm³/mol. The van der Waals surface area contributed by atoms with Gasteiger partial charge in [-0.1, -0.05) is 42.5 Å². The van der Waals surface area contributed by atoms with Crippen molar-refractivity contribution in [3.63, 3.8) is 0 Å². The summed E-state index contributed by atoms with van der Waals surface area (Å²) in [6.07, 6.45) is 0.336. The minimum atomic E-state index is -0.401. The van der Waals surface area contributed by atoms with Gasteiger partial charge >= 0.3 is 6.09 Å². The maximum Gasteiger partial charge on any atom is 0.407 e. The largest absolute Gasteiger partial charge is 0.445 e. The van der Waals surface area contributed by atoms with Crippen LogP contribution in [-0.4, -0.2) is 12.1 Å². The van der Waals surface area contributed by atoms with E-state index in [2.05, 4.69) is 5.32 Å². The van der Waals surface area contributed by atoms with Gasteiger partial charge in [-0.15, -0.1) is 0 Å². The van der Waals surface area contributed by atoms with Crippen molar-refractivity contribution < 1.29 is 9.53 Å². The Hall–Kier alpha value is -2.49. The molecule has 2 aromatic rings. The van der Waals surface area contributed by atoms with Crippen molar-refractivity contribution in [2.75, 3.05) is 5.73 Å². The van der Waals surface area contributed by atoms with Crippen LogP contribution < -0.4 is 11.1 Å². The van der Waals surface area contributed by atoms with Gasteiger partial charge in [0.1, 0.15) is 6.61 Å². The maximum absolute atomic E-state index is 11.7. The Balaban J connectivity index is 1.75. The molecule has 0 unspecified atom stereocenters. The predicted octanol–water partition coefficient (Wildman–Crippen LogP) is 3.13. The summed E-state index contributed by atoms with van der Waals surface area (Å²) in [5.41, 5.74) is 8.48. The van der Waals surface area contributed by atoms with E-state index in [9.17, 15) is 4.79 Å². The van der Waals surface area contributed by atoms with Gasteiger partial charge in [0.2, 0.25) is 0 Å². The monoisotopic (exact) mass is 284 g/mol. The summed E-state index contributed by atoms with van der Waals surface area (Å²) in [7, 11) is 0. The molecule has 0 radical (unpaired) electrons. The molecule has 1 amide bonds. The zero-order chi connectivity index (χ0) is 15.1. The van der Waals surface area contributed by atoms with Crippen LogP contribution in [0.4, 0.5) is 10.5 Å². The highest BCUT2D eigenvalue weighted by Crippen LogP contribution is 2.08. The van der Waals surface area contributed by atoms with Crippen molar-refractivity contribution in [3.05, 3.63) is 65.7 Å². The van der Waals surface area contributed by atoms with Gasteiger partial charge < -0.3 is 15.8 Å². The van der Waals surface area contributed by atoms with Crippen LogP contribution >= 0.6 is 0 Å². The summed E-state index contributed by atoms with van der Waals surface area (Å²) in [5, 5.41) is 2.82. The molecule has 0 bridgehead atoms. The summed E-state index contributed by atoms with van der Waals surface area (Å²) in [6.45, 7) is 2.22. The first-order valence-electron chi connectivity index (χ1n) is 6.95. The number of carbonyl (C=O) groups excluding carboxylic acids is 1. The van der Waals surface area contributed by atoms with Gasteiger partial charge in [-0.3, -0.25) is 0 Å². The minimum absolute atomic E-state index is 0.00287. The van der Waals surface area contributed by atoms with Crippen LogP contribution in [0.1, 0.15) is 18.1 Å². The second kappa shape index (κ2) is 7.33. The number of anilines is 1. The molecule has 0 aliphatic heterocycles. The van der Waals surface area contributed by atoms with E-state index in [1.54, 1.807) is 0 Å². The Morgan fingerprint density at radius 3 is 2.43 bits per heavy atom. The highest BCUT2D eigenvalue weighted by Gasteiger charge is 2.09. The van der Waals surface area contributed by atoms with Crippen molar-refractivity contribution in [2.24, 2.45) is 0 Å². The van der Waals surface area contributed by atoms with Crippen molar-refractivity contribution in [1.29, 1.82) is 0 Å². The fraction of sp³-hybridized carbons (Fsp3) is 0.235. The quantitative estimate of drug-likeness (QED) is 0.829. The lowest BCUT2D eigenvalue weighted by Crippen LogP contribution is -2.34. The Morgan fingerprint density at radius 2 is 1.76 bits per heavy atom. The molecule has 0 fully saturated rings. The molecule has 110 valence electrons. The van der Waals surface area contributed by atoms with Crippen molar-refractivity contribution in [1.82, 2.24) is 5.32 Å². The zero-order valence-corrected chi connectivity index (χ0v) is 12.1. The highest BCUT2D eigenvalue weighted by molar-refractivity contribution is 5.67. The van der Waals surface area contributed by atoms with E-state index in [-0.39, 0.29) is 12.6 Å². The van der Waals surface area contributed by atoms with Crippen molar-refractivity contribution in [2.45, 2.75) is 26.0 Å². The van der Waals surface area contributed by atoms with Gasteiger partial charge in [0.25, 0.3) is 0 Å². The second-order valence-corrected chi connectivity index (χ2v) is 5.05. The van der Waals surface area contributed by atoms with Gasteiger partial charge in [-0.2, -0.15) is 0 Å². The molecule has 3 N–H and O–H groups in total. The first kappa shape index (κ1) is 14.9. The number of rotatable bonds is 5. The van der Waals surface area contributed by atoms with Crippen LogP contribution in [0.3, 0.4) is 0 Å². The number of nitrogens with two attached hydrogens (primary N) is 1. The first-order chi connectivity index (χ1) is 10.1. The lowest BCUT2D eigenvalue weighted by atomic mass is 10.1. The van der Waals surface area contributed by atoms with E-state index in [0.29, 0.717) is 0 Å². The van der Waals surface area contributed by atoms with E-state index in [1.807, 2.05) is 61.5 Å². The van der Waals surface area contributed by atoms with Gasteiger partial charge in [0.05, 0.1) is 0 Å². The third-order valence-electron chi connectivity index (χ3n) is 3.10. The topological polar surface area (TPSA) is 64.3 Å². The molecule has 0 spiro atoms. The molecule has 0 heterocycles. The van der Waals surface area contributed by atoms with Crippen LogP contribution in [-0.2, 0) is 17.8 Å². The Kier molecular flexibility index (Phi) is 5.21. The molecule has 2 rings (SSSR count). The van der Waals surface area contributed by atoms with Crippen LogP contribution in [0.2, 0.25) is 0 Å². The molecule has 4 nitrogen and oxygen atoms in total. The molecule has 0 saturated heterocycles. The van der Waals surface area contributed by atoms with E-state index in [1.165, 1.54) is 0 Å².